The second-order valence-corrected chi connectivity index (χ2v) is 5.62. The molecule has 0 radical (unpaired) electrons. The molecule has 0 spiro atoms. The van der Waals surface area contributed by atoms with Crippen molar-refractivity contribution in [3.63, 3.8) is 0 Å². The van der Waals surface area contributed by atoms with Crippen molar-refractivity contribution in [2.75, 3.05) is 0 Å². The highest BCUT2D eigenvalue weighted by Gasteiger charge is 2.31. The van der Waals surface area contributed by atoms with Crippen molar-refractivity contribution in [3.05, 3.63) is 0 Å². The average molecular weight is 210 g/mol. The van der Waals surface area contributed by atoms with Crippen LogP contribution in [0.25, 0.3) is 0 Å². The summed E-state index contributed by atoms with van der Waals surface area (Å²) in [5, 5.41) is 0. The van der Waals surface area contributed by atoms with Crippen LogP contribution in [0, 0.1) is 5.41 Å². The summed E-state index contributed by atoms with van der Waals surface area (Å²) in [4.78, 5) is 0. The summed E-state index contributed by atoms with van der Waals surface area (Å²) in [7, 11) is 0. The summed E-state index contributed by atoms with van der Waals surface area (Å²) in [6.45, 7) is 4.66. The minimum absolute atomic E-state index is 0.793. The molecule has 0 nitrogen and oxygen atoms in total. The molecule has 0 unspecified atom stereocenters. The smallest absolute Gasteiger partial charge is 0.0298 e. The number of hydrogen-bond acceptors (Lipinski definition) is 0. The summed E-state index contributed by atoms with van der Waals surface area (Å²) in [6.07, 6.45) is 17.8. The summed E-state index contributed by atoms with van der Waals surface area (Å²) in [6, 6.07) is 0. The number of unbranched alkanes of at least 4 members (excludes halogenated alkanes) is 4. The fraction of sp³-hybridized carbons (Fsp3) is 1.00. The molecule has 1 aliphatic carbocycles. The summed E-state index contributed by atoms with van der Waals surface area (Å²) in [5.41, 5.74) is 0.793. The Morgan fingerprint density at radius 1 is 0.733 bits per heavy atom. The standard InChI is InChI=1S/C15H30/c1-3-5-6-7-8-12-15(11-4-2)13-9-10-14-15/h3-14H2,1-2H3. The van der Waals surface area contributed by atoms with Gasteiger partial charge in [0.2, 0.25) is 0 Å². The highest BCUT2D eigenvalue weighted by Crippen LogP contribution is 2.45. The van der Waals surface area contributed by atoms with Crippen molar-refractivity contribution in [2.24, 2.45) is 5.41 Å². The largest absolute Gasteiger partial charge is 0.0654 e. The molecule has 0 aromatic heterocycles. The van der Waals surface area contributed by atoms with Crippen LogP contribution >= 0.6 is 0 Å². The molecule has 0 amide bonds. The lowest BCUT2D eigenvalue weighted by Gasteiger charge is -2.28. The molecular weight excluding hydrogens is 180 g/mol. The Labute approximate surface area is 96.8 Å². The summed E-state index contributed by atoms with van der Waals surface area (Å²) >= 11 is 0. The first-order chi connectivity index (χ1) is 7.33. The Hall–Kier alpha value is 0. The van der Waals surface area contributed by atoms with Crippen LogP contribution in [-0.2, 0) is 0 Å². The van der Waals surface area contributed by atoms with Gasteiger partial charge in [-0.3, -0.25) is 0 Å². The maximum atomic E-state index is 2.36. The molecule has 15 heavy (non-hydrogen) atoms. The topological polar surface area (TPSA) is 0 Å². The zero-order valence-electron chi connectivity index (χ0n) is 11.0. The quantitative estimate of drug-likeness (QED) is 0.450. The van der Waals surface area contributed by atoms with E-state index in [2.05, 4.69) is 13.8 Å². The fourth-order valence-electron chi connectivity index (χ4n) is 3.38. The Morgan fingerprint density at radius 2 is 1.40 bits per heavy atom. The van der Waals surface area contributed by atoms with E-state index in [-0.39, 0.29) is 0 Å². The second kappa shape index (κ2) is 7.30. The Bertz CT molecular complexity index is 142. The lowest BCUT2D eigenvalue weighted by molar-refractivity contribution is 0.236. The van der Waals surface area contributed by atoms with Crippen molar-refractivity contribution >= 4 is 0 Å². The van der Waals surface area contributed by atoms with E-state index >= 15 is 0 Å². The minimum Gasteiger partial charge on any atom is -0.0654 e. The predicted octanol–water partition coefficient (Wildman–Crippen LogP) is 5.71. The van der Waals surface area contributed by atoms with Crippen LogP contribution in [0.15, 0.2) is 0 Å². The van der Waals surface area contributed by atoms with E-state index in [0.717, 1.165) is 5.41 Å². The molecule has 0 saturated heterocycles. The Morgan fingerprint density at radius 3 is 2.00 bits per heavy atom. The predicted molar refractivity (Wildman–Crippen MR) is 69.2 cm³/mol. The monoisotopic (exact) mass is 210 g/mol. The van der Waals surface area contributed by atoms with Crippen LogP contribution < -0.4 is 0 Å². The van der Waals surface area contributed by atoms with E-state index in [1.54, 1.807) is 0 Å². The van der Waals surface area contributed by atoms with Gasteiger partial charge in [-0.25, -0.2) is 0 Å². The van der Waals surface area contributed by atoms with Gasteiger partial charge in [0.1, 0.15) is 0 Å². The highest BCUT2D eigenvalue weighted by molar-refractivity contribution is 4.84. The Kier molecular flexibility index (Phi) is 6.36. The molecule has 1 aliphatic rings. The third-order valence-electron chi connectivity index (χ3n) is 4.26. The molecule has 0 aromatic carbocycles. The van der Waals surface area contributed by atoms with E-state index in [9.17, 15) is 0 Å². The van der Waals surface area contributed by atoms with Gasteiger partial charge >= 0.3 is 0 Å². The molecule has 0 heteroatoms. The van der Waals surface area contributed by atoms with E-state index in [1.807, 2.05) is 0 Å². The fourth-order valence-corrected chi connectivity index (χ4v) is 3.38. The van der Waals surface area contributed by atoms with Crippen molar-refractivity contribution in [1.29, 1.82) is 0 Å². The zero-order chi connectivity index (χ0) is 11.0. The normalized spacial score (nSPS) is 19.6. The number of hydrogen-bond donors (Lipinski definition) is 0. The van der Waals surface area contributed by atoms with Crippen molar-refractivity contribution in [2.45, 2.75) is 90.9 Å². The average Bonchev–Trinajstić information content (AvgIpc) is 2.67. The van der Waals surface area contributed by atoms with Gasteiger partial charge in [-0.15, -0.1) is 0 Å². The van der Waals surface area contributed by atoms with Crippen molar-refractivity contribution < 1.29 is 0 Å². The van der Waals surface area contributed by atoms with Crippen LogP contribution in [0.4, 0.5) is 0 Å². The van der Waals surface area contributed by atoms with Gasteiger partial charge in [-0.2, -0.15) is 0 Å². The van der Waals surface area contributed by atoms with E-state index < -0.39 is 0 Å². The molecule has 0 aliphatic heterocycles. The van der Waals surface area contributed by atoms with Gasteiger partial charge in [-0.05, 0) is 31.1 Å². The first kappa shape index (κ1) is 13.1. The van der Waals surface area contributed by atoms with Gasteiger partial charge in [0.05, 0.1) is 0 Å². The van der Waals surface area contributed by atoms with Crippen LogP contribution in [0.5, 0.6) is 0 Å². The molecule has 0 bridgehead atoms. The van der Waals surface area contributed by atoms with Crippen LogP contribution in [0.2, 0.25) is 0 Å². The summed E-state index contributed by atoms with van der Waals surface area (Å²) in [5.74, 6) is 0. The van der Waals surface area contributed by atoms with E-state index in [1.165, 1.54) is 77.0 Å². The lowest BCUT2D eigenvalue weighted by atomic mass is 9.77. The third kappa shape index (κ3) is 4.57. The second-order valence-electron chi connectivity index (χ2n) is 5.62. The molecule has 1 fully saturated rings. The van der Waals surface area contributed by atoms with Crippen LogP contribution in [0.3, 0.4) is 0 Å². The SMILES string of the molecule is CCCCCCCC1(CCC)CCCC1. The van der Waals surface area contributed by atoms with Crippen molar-refractivity contribution in [3.8, 4) is 0 Å². The van der Waals surface area contributed by atoms with Crippen LogP contribution in [0.1, 0.15) is 90.9 Å². The Balaban J connectivity index is 2.14. The minimum atomic E-state index is 0.793. The van der Waals surface area contributed by atoms with Gasteiger partial charge in [0.15, 0.2) is 0 Å². The molecular formula is C15H30. The first-order valence-corrected chi connectivity index (χ1v) is 7.33. The highest BCUT2D eigenvalue weighted by atomic mass is 14.4. The molecule has 1 saturated carbocycles. The van der Waals surface area contributed by atoms with Crippen molar-refractivity contribution in [1.82, 2.24) is 0 Å². The molecule has 0 aromatic rings. The first-order valence-electron chi connectivity index (χ1n) is 7.33. The van der Waals surface area contributed by atoms with Gasteiger partial charge in [0.25, 0.3) is 0 Å². The molecule has 90 valence electrons. The van der Waals surface area contributed by atoms with Gasteiger partial charge in [-0.1, -0.05) is 65.2 Å². The molecule has 0 heterocycles. The molecule has 1 rings (SSSR count). The lowest BCUT2D eigenvalue weighted by Crippen LogP contribution is -2.15. The summed E-state index contributed by atoms with van der Waals surface area (Å²) < 4.78 is 0. The van der Waals surface area contributed by atoms with Crippen LogP contribution in [-0.4, -0.2) is 0 Å². The zero-order valence-corrected chi connectivity index (χ0v) is 11.0. The number of rotatable bonds is 8. The van der Waals surface area contributed by atoms with Gasteiger partial charge < -0.3 is 0 Å². The van der Waals surface area contributed by atoms with E-state index in [0.29, 0.717) is 0 Å². The molecule has 0 N–H and O–H groups in total. The molecule has 0 atom stereocenters. The third-order valence-corrected chi connectivity index (χ3v) is 4.26. The maximum Gasteiger partial charge on any atom is -0.0298 e. The maximum absolute atomic E-state index is 2.36. The van der Waals surface area contributed by atoms with E-state index in [4.69, 9.17) is 0 Å². The van der Waals surface area contributed by atoms with Gasteiger partial charge in [0, 0.05) is 0 Å².